The van der Waals surface area contributed by atoms with Crippen LogP contribution in [-0.2, 0) is 0 Å². The highest BCUT2D eigenvalue weighted by Crippen LogP contribution is 2.34. The number of rotatable bonds is 2. The molecule has 6 heteroatoms. The van der Waals surface area contributed by atoms with E-state index in [1.165, 1.54) is 17.4 Å². The summed E-state index contributed by atoms with van der Waals surface area (Å²) in [7, 11) is 0. The number of carbonyl (C=O) groups excluding carboxylic acids is 1. The van der Waals surface area contributed by atoms with Crippen molar-refractivity contribution in [3.63, 3.8) is 0 Å². The molecule has 0 bridgehead atoms. The molecule has 0 atom stereocenters. The SMILES string of the molecule is Nc1c(C(=O)Nc2c(F)cccc2Br)sc2ccccc12. The van der Waals surface area contributed by atoms with Gasteiger partial charge in [-0.2, -0.15) is 0 Å². The Kier molecular flexibility index (Phi) is 3.65. The quantitative estimate of drug-likeness (QED) is 0.695. The number of hydrogen-bond acceptors (Lipinski definition) is 3. The van der Waals surface area contributed by atoms with Crippen LogP contribution in [0, 0.1) is 5.82 Å². The van der Waals surface area contributed by atoms with Crippen molar-refractivity contribution in [2.75, 3.05) is 11.1 Å². The Morgan fingerprint density at radius 3 is 2.67 bits per heavy atom. The molecular formula is C15H10BrFN2OS. The lowest BCUT2D eigenvalue weighted by atomic mass is 10.2. The molecule has 0 spiro atoms. The summed E-state index contributed by atoms with van der Waals surface area (Å²) in [6, 6.07) is 12.0. The molecule has 0 saturated carbocycles. The predicted molar refractivity (Wildman–Crippen MR) is 88.3 cm³/mol. The number of amides is 1. The second-order valence-electron chi connectivity index (χ2n) is 4.39. The number of nitrogens with one attached hydrogen (secondary N) is 1. The van der Waals surface area contributed by atoms with E-state index in [0.717, 1.165) is 10.1 Å². The number of fused-ring (bicyclic) bond motifs is 1. The zero-order valence-electron chi connectivity index (χ0n) is 10.7. The molecule has 0 unspecified atom stereocenters. The standard InChI is InChI=1S/C15H10BrFN2OS/c16-9-5-3-6-10(17)13(9)19-15(20)14-12(18)8-4-1-2-7-11(8)21-14/h1-7H,18H2,(H,19,20). The van der Waals surface area contributed by atoms with Gasteiger partial charge in [0, 0.05) is 14.6 Å². The summed E-state index contributed by atoms with van der Waals surface area (Å²) in [5.74, 6) is -0.920. The van der Waals surface area contributed by atoms with Crippen LogP contribution in [0.3, 0.4) is 0 Å². The Morgan fingerprint density at radius 2 is 1.95 bits per heavy atom. The first-order chi connectivity index (χ1) is 10.1. The van der Waals surface area contributed by atoms with E-state index in [4.69, 9.17) is 5.73 Å². The van der Waals surface area contributed by atoms with Crippen LogP contribution in [0.5, 0.6) is 0 Å². The summed E-state index contributed by atoms with van der Waals surface area (Å²) in [6.07, 6.45) is 0. The van der Waals surface area contributed by atoms with Gasteiger partial charge in [0.1, 0.15) is 10.7 Å². The van der Waals surface area contributed by atoms with Gasteiger partial charge in [-0.05, 0) is 34.1 Å². The first kappa shape index (κ1) is 14.0. The molecule has 1 aromatic heterocycles. The average Bonchev–Trinajstić information content (AvgIpc) is 2.81. The number of halogens is 2. The van der Waals surface area contributed by atoms with E-state index in [-0.39, 0.29) is 5.69 Å². The molecule has 21 heavy (non-hydrogen) atoms. The van der Waals surface area contributed by atoms with Crippen LogP contribution in [0.2, 0.25) is 0 Å². The third-order valence-corrected chi connectivity index (χ3v) is 4.89. The topological polar surface area (TPSA) is 55.1 Å². The fourth-order valence-corrected chi connectivity index (χ4v) is 3.48. The van der Waals surface area contributed by atoms with Gasteiger partial charge in [0.25, 0.3) is 5.91 Å². The van der Waals surface area contributed by atoms with Gasteiger partial charge in [-0.25, -0.2) is 4.39 Å². The highest BCUT2D eigenvalue weighted by Gasteiger charge is 2.18. The molecule has 1 heterocycles. The van der Waals surface area contributed by atoms with Crippen molar-refractivity contribution in [3.05, 3.63) is 57.6 Å². The molecule has 1 amide bonds. The highest BCUT2D eigenvalue weighted by molar-refractivity contribution is 9.10. The number of nitrogens with two attached hydrogens (primary N) is 1. The van der Waals surface area contributed by atoms with Gasteiger partial charge in [0.15, 0.2) is 0 Å². The van der Waals surface area contributed by atoms with Crippen molar-refractivity contribution in [3.8, 4) is 0 Å². The van der Waals surface area contributed by atoms with E-state index in [0.29, 0.717) is 15.0 Å². The molecule has 3 aromatic rings. The summed E-state index contributed by atoms with van der Waals surface area (Å²) in [6.45, 7) is 0. The van der Waals surface area contributed by atoms with Crippen LogP contribution in [0.25, 0.3) is 10.1 Å². The van der Waals surface area contributed by atoms with E-state index < -0.39 is 11.7 Å². The summed E-state index contributed by atoms with van der Waals surface area (Å²) in [4.78, 5) is 12.7. The highest BCUT2D eigenvalue weighted by atomic mass is 79.9. The van der Waals surface area contributed by atoms with Gasteiger partial charge in [-0.15, -0.1) is 11.3 Å². The number of hydrogen-bond donors (Lipinski definition) is 2. The van der Waals surface area contributed by atoms with Crippen LogP contribution < -0.4 is 11.1 Å². The normalized spacial score (nSPS) is 10.8. The van der Waals surface area contributed by atoms with Gasteiger partial charge in [0.05, 0.1) is 11.4 Å². The summed E-state index contributed by atoms with van der Waals surface area (Å²) in [5.41, 5.74) is 6.54. The molecule has 0 saturated heterocycles. The molecule has 0 aliphatic carbocycles. The second kappa shape index (κ2) is 5.46. The number of para-hydroxylation sites is 1. The number of nitrogen functional groups attached to an aromatic ring is 1. The van der Waals surface area contributed by atoms with Gasteiger partial charge in [0.2, 0.25) is 0 Å². The average molecular weight is 365 g/mol. The third-order valence-electron chi connectivity index (χ3n) is 3.04. The summed E-state index contributed by atoms with van der Waals surface area (Å²) < 4.78 is 15.2. The number of anilines is 2. The zero-order valence-corrected chi connectivity index (χ0v) is 13.1. The first-order valence-electron chi connectivity index (χ1n) is 6.10. The number of benzene rings is 2. The van der Waals surface area contributed by atoms with Crippen molar-refractivity contribution < 1.29 is 9.18 Å². The predicted octanol–water partition coefficient (Wildman–Crippen LogP) is 4.64. The number of carbonyl (C=O) groups is 1. The van der Waals surface area contributed by atoms with Crippen LogP contribution in [-0.4, -0.2) is 5.91 Å². The molecular weight excluding hydrogens is 355 g/mol. The molecule has 3 N–H and O–H groups in total. The maximum atomic E-state index is 13.8. The van der Waals surface area contributed by atoms with E-state index >= 15 is 0 Å². The van der Waals surface area contributed by atoms with E-state index in [2.05, 4.69) is 21.2 Å². The van der Waals surface area contributed by atoms with E-state index in [9.17, 15) is 9.18 Å². The minimum absolute atomic E-state index is 0.111. The van der Waals surface area contributed by atoms with Crippen LogP contribution in [0.4, 0.5) is 15.8 Å². The summed E-state index contributed by atoms with van der Waals surface area (Å²) >= 11 is 4.51. The van der Waals surface area contributed by atoms with E-state index in [1.54, 1.807) is 12.1 Å². The Bertz CT molecular complexity index is 827. The third kappa shape index (κ3) is 2.52. The van der Waals surface area contributed by atoms with Crippen LogP contribution in [0.1, 0.15) is 9.67 Å². The van der Waals surface area contributed by atoms with Crippen LogP contribution >= 0.6 is 27.3 Å². The van der Waals surface area contributed by atoms with Crippen LogP contribution in [0.15, 0.2) is 46.9 Å². The van der Waals surface area contributed by atoms with Gasteiger partial charge in [-0.1, -0.05) is 24.3 Å². The fourth-order valence-electron chi connectivity index (χ4n) is 2.02. The molecule has 0 fully saturated rings. The van der Waals surface area contributed by atoms with Crippen molar-refractivity contribution in [1.82, 2.24) is 0 Å². The van der Waals surface area contributed by atoms with Gasteiger partial charge < -0.3 is 11.1 Å². The maximum absolute atomic E-state index is 13.8. The molecule has 0 aliphatic rings. The Hall–Kier alpha value is -1.92. The Balaban J connectivity index is 2.00. The van der Waals surface area contributed by atoms with E-state index in [1.807, 2.05) is 24.3 Å². The first-order valence-corrected chi connectivity index (χ1v) is 7.71. The lowest BCUT2D eigenvalue weighted by molar-refractivity contribution is 0.103. The largest absolute Gasteiger partial charge is 0.397 e. The lowest BCUT2D eigenvalue weighted by Gasteiger charge is -2.07. The fraction of sp³-hybridized carbons (Fsp3) is 0. The summed E-state index contributed by atoms with van der Waals surface area (Å²) in [5, 5.41) is 3.40. The maximum Gasteiger partial charge on any atom is 0.268 e. The van der Waals surface area contributed by atoms with Crippen molar-refractivity contribution in [1.29, 1.82) is 0 Å². The second-order valence-corrected chi connectivity index (χ2v) is 6.30. The van der Waals surface area contributed by atoms with Crippen molar-refractivity contribution in [2.24, 2.45) is 0 Å². The smallest absolute Gasteiger partial charge is 0.268 e. The molecule has 3 nitrogen and oxygen atoms in total. The molecule has 3 rings (SSSR count). The molecule has 0 aliphatic heterocycles. The van der Waals surface area contributed by atoms with Crippen molar-refractivity contribution in [2.45, 2.75) is 0 Å². The molecule has 2 aromatic carbocycles. The minimum atomic E-state index is -0.502. The van der Waals surface area contributed by atoms with Gasteiger partial charge >= 0.3 is 0 Å². The van der Waals surface area contributed by atoms with Gasteiger partial charge in [-0.3, -0.25) is 4.79 Å². The monoisotopic (exact) mass is 364 g/mol. The molecule has 106 valence electrons. The Labute approximate surface area is 132 Å². The molecule has 0 radical (unpaired) electrons. The van der Waals surface area contributed by atoms with Crippen molar-refractivity contribution >= 4 is 54.6 Å². The zero-order chi connectivity index (χ0) is 15.0. The number of thiophene rings is 1. The minimum Gasteiger partial charge on any atom is -0.397 e. The lowest BCUT2D eigenvalue weighted by Crippen LogP contribution is -2.13. The Morgan fingerprint density at radius 1 is 1.19 bits per heavy atom.